The fourth-order valence-electron chi connectivity index (χ4n) is 1.51. The Bertz CT molecular complexity index is 545. The molecule has 0 amide bonds. The van der Waals surface area contributed by atoms with Crippen molar-refractivity contribution in [3.8, 4) is 0 Å². The van der Waals surface area contributed by atoms with Crippen LogP contribution in [-0.4, -0.2) is 12.0 Å². The van der Waals surface area contributed by atoms with Crippen LogP contribution in [0.15, 0.2) is 36.4 Å². The molecule has 0 saturated carbocycles. The average Bonchev–Trinajstić information content (AvgIpc) is 2.31. The lowest BCUT2D eigenvalue weighted by Crippen LogP contribution is -2.13. The van der Waals surface area contributed by atoms with Gasteiger partial charge in [0.25, 0.3) is 0 Å². The highest BCUT2D eigenvalue weighted by molar-refractivity contribution is 6.29. The highest BCUT2D eigenvalue weighted by Gasteiger charge is 2.10. The smallest absolute Gasteiger partial charge is 0.157 e. The van der Waals surface area contributed by atoms with Gasteiger partial charge in [-0.2, -0.15) is 0 Å². The molecule has 0 saturated heterocycles. The second-order valence-electron chi connectivity index (χ2n) is 3.59. The molecule has 0 aliphatic rings. The van der Waals surface area contributed by atoms with E-state index in [9.17, 15) is 4.39 Å². The number of pyridine rings is 1. The molecule has 0 bridgehead atoms. The maximum absolute atomic E-state index is 13.1. The summed E-state index contributed by atoms with van der Waals surface area (Å²) in [5, 5.41) is 0.345. The van der Waals surface area contributed by atoms with Crippen molar-refractivity contribution in [2.75, 3.05) is 17.7 Å². The normalized spacial score (nSPS) is 10.3. The van der Waals surface area contributed by atoms with Crippen LogP contribution in [0.1, 0.15) is 0 Å². The molecule has 2 N–H and O–H groups in total. The Labute approximate surface area is 104 Å². The van der Waals surface area contributed by atoms with Crippen molar-refractivity contribution in [3.05, 3.63) is 47.4 Å². The predicted octanol–water partition coefficient (Wildman–Crippen LogP) is 3.22. The first-order valence-electron chi connectivity index (χ1n) is 4.99. The molecule has 1 aromatic heterocycles. The van der Waals surface area contributed by atoms with Crippen LogP contribution in [0, 0.1) is 5.82 Å². The number of hydrogen-bond acceptors (Lipinski definition) is 3. The molecule has 0 radical (unpaired) electrons. The third-order valence-electron chi connectivity index (χ3n) is 2.38. The molecule has 3 nitrogen and oxygen atoms in total. The van der Waals surface area contributed by atoms with Crippen LogP contribution >= 0.6 is 11.6 Å². The lowest BCUT2D eigenvalue weighted by Gasteiger charge is -2.20. The molecular weight excluding hydrogens is 241 g/mol. The molecule has 0 unspecified atom stereocenters. The standard InChI is InChI=1S/C12H11ClFN3/c1-17(9-4-2-3-8(14)7-9)12-10(15)5-6-11(13)16-12/h2-7H,15H2,1H3. The molecule has 5 heteroatoms. The molecule has 2 aromatic rings. The number of rotatable bonds is 2. The molecule has 17 heavy (non-hydrogen) atoms. The van der Waals surface area contributed by atoms with Gasteiger partial charge in [0.05, 0.1) is 5.69 Å². The van der Waals surface area contributed by atoms with Crippen LogP contribution in [0.3, 0.4) is 0 Å². The maximum Gasteiger partial charge on any atom is 0.157 e. The van der Waals surface area contributed by atoms with Crippen LogP contribution in [0.4, 0.5) is 21.6 Å². The van der Waals surface area contributed by atoms with Crippen LogP contribution in [0.2, 0.25) is 5.15 Å². The van der Waals surface area contributed by atoms with Gasteiger partial charge in [0.15, 0.2) is 5.82 Å². The Morgan fingerprint density at radius 3 is 2.76 bits per heavy atom. The monoisotopic (exact) mass is 251 g/mol. The van der Waals surface area contributed by atoms with Crippen molar-refractivity contribution in [3.63, 3.8) is 0 Å². The van der Waals surface area contributed by atoms with E-state index in [2.05, 4.69) is 4.98 Å². The Morgan fingerprint density at radius 2 is 2.06 bits per heavy atom. The Hall–Kier alpha value is -1.81. The number of benzene rings is 1. The number of anilines is 3. The van der Waals surface area contributed by atoms with E-state index in [4.69, 9.17) is 17.3 Å². The zero-order chi connectivity index (χ0) is 12.4. The summed E-state index contributed by atoms with van der Waals surface area (Å²) in [6.45, 7) is 0. The quantitative estimate of drug-likeness (QED) is 0.834. The van der Waals surface area contributed by atoms with Crippen LogP contribution < -0.4 is 10.6 Å². The van der Waals surface area contributed by atoms with Gasteiger partial charge in [-0.1, -0.05) is 17.7 Å². The number of nitrogens with two attached hydrogens (primary N) is 1. The summed E-state index contributed by atoms with van der Waals surface area (Å²) in [5.41, 5.74) is 6.96. The van der Waals surface area contributed by atoms with Crippen molar-refractivity contribution in [2.24, 2.45) is 0 Å². The number of hydrogen-bond donors (Lipinski definition) is 1. The summed E-state index contributed by atoms with van der Waals surface area (Å²) >= 11 is 5.81. The van der Waals surface area contributed by atoms with Crippen LogP contribution in [0.25, 0.3) is 0 Å². The third-order valence-corrected chi connectivity index (χ3v) is 2.60. The molecule has 88 valence electrons. The third kappa shape index (κ3) is 2.47. The van der Waals surface area contributed by atoms with Gasteiger partial charge in [-0.05, 0) is 30.3 Å². The fraction of sp³-hybridized carbons (Fsp3) is 0.0833. The van der Waals surface area contributed by atoms with E-state index in [1.165, 1.54) is 12.1 Å². The van der Waals surface area contributed by atoms with Crippen molar-refractivity contribution in [2.45, 2.75) is 0 Å². The highest BCUT2D eigenvalue weighted by atomic mass is 35.5. The summed E-state index contributed by atoms with van der Waals surface area (Å²) in [6, 6.07) is 9.46. The number of nitrogen functional groups attached to an aromatic ring is 1. The van der Waals surface area contributed by atoms with Gasteiger partial charge in [-0.15, -0.1) is 0 Å². The van der Waals surface area contributed by atoms with Gasteiger partial charge in [0.2, 0.25) is 0 Å². The summed E-state index contributed by atoms with van der Waals surface area (Å²) in [4.78, 5) is 5.81. The molecule has 0 aliphatic heterocycles. The fourth-order valence-corrected chi connectivity index (χ4v) is 1.65. The van der Waals surface area contributed by atoms with Crippen molar-refractivity contribution in [1.29, 1.82) is 0 Å². The predicted molar refractivity (Wildman–Crippen MR) is 68.1 cm³/mol. The molecule has 0 fully saturated rings. The summed E-state index contributed by atoms with van der Waals surface area (Å²) < 4.78 is 13.1. The first kappa shape index (κ1) is 11.7. The highest BCUT2D eigenvalue weighted by Crippen LogP contribution is 2.28. The van der Waals surface area contributed by atoms with E-state index in [1.807, 2.05) is 0 Å². The van der Waals surface area contributed by atoms with Gasteiger partial charge in [-0.3, -0.25) is 0 Å². The van der Waals surface area contributed by atoms with Crippen molar-refractivity contribution < 1.29 is 4.39 Å². The Balaban J connectivity index is 2.43. The zero-order valence-electron chi connectivity index (χ0n) is 9.19. The minimum absolute atomic E-state index is 0.310. The van der Waals surface area contributed by atoms with E-state index in [-0.39, 0.29) is 5.82 Å². The molecule has 0 spiro atoms. The second-order valence-corrected chi connectivity index (χ2v) is 3.97. The number of aromatic nitrogens is 1. The molecule has 1 heterocycles. The van der Waals surface area contributed by atoms with E-state index in [1.54, 1.807) is 36.2 Å². The van der Waals surface area contributed by atoms with E-state index < -0.39 is 0 Å². The van der Waals surface area contributed by atoms with Crippen LogP contribution in [0.5, 0.6) is 0 Å². The molecule has 0 atom stereocenters. The summed E-state index contributed by atoms with van der Waals surface area (Å²) in [7, 11) is 1.75. The second kappa shape index (κ2) is 4.59. The maximum atomic E-state index is 13.1. The van der Waals surface area contributed by atoms with E-state index >= 15 is 0 Å². The first-order chi connectivity index (χ1) is 8.08. The molecule has 0 aliphatic carbocycles. The summed E-state index contributed by atoms with van der Waals surface area (Å²) in [6.07, 6.45) is 0. The topological polar surface area (TPSA) is 42.2 Å². The van der Waals surface area contributed by atoms with Crippen molar-refractivity contribution in [1.82, 2.24) is 4.98 Å². The minimum atomic E-state index is -0.310. The van der Waals surface area contributed by atoms with E-state index in [0.717, 1.165) is 0 Å². The van der Waals surface area contributed by atoms with Gasteiger partial charge < -0.3 is 10.6 Å². The number of halogens is 2. The molecule has 1 aromatic carbocycles. The van der Waals surface area contributed by atoms with Gasteiger partial charge >= 0.3 is 0 Å². The first-order valence-corrected chi connectivity index (χ1v) is 5.37. The lowest BCUT2D eigenvalue weighted by atomic mass is 10.2. The van der Waals surface area contributed by atoms with Gasteiger partial charge in [0, 0.05) is 12.7 Å². The number of nitrogens with zero attached hydrogens (tertiary/aromatic N) is 2. The van der Waals surface area contributed by atoms with E-state index in [0.29, 0.717) is 22.3 Å². The Kier molecular flexibility index (Phi) is 3.15. The molecule has 2 rings (SSSR count). The average molecular weight is 252 g/mol. The minimum Gasteiger partial charge on any atom is -0.396 e. The van der Waals surface area contributed by atoms with Crippen molar-refractivity contribution >= 4 is 28.8 Å². The Morgan fingerprint density at radius 1 is 1.29 bits per heavy atom. The SMILES string of the molecule is CN(c1cccc(F)c1)c1nc(Cl)ccc1N. The largest absolute Gasteiger partial charge is 0.396 e. The lowest BCUT2D eigenvalue weighted by molar-refractivity contribution is 0.628. The van der Waals surface area contributed by atoms with Gasteiger partial charge in [-0.25, -0.2) is 9.37 Å². The molecular formula is C12H11ClFN3. The van der Waals surface area contributed by atoms with Gasteiger partial charge in [0.1, 0.15) is 11.0 Å². The zero-order valence-corrected chi connectivity index (χ0v) is 9.95. The summed E-state index contributed by atoms with van der Waals surface area (Å²) in [5.74, 6) is 0.193. The van der Waals surface area contributed by atoms with Crippen LogP contribution in [-0.2, 0) is 0 Å².